The second-order valence-electron chi connectivity index (χ2n) is 5.05. The van der Waals surface area contributed by atoms with E-state index in [1.54, 1.807) is 29.2 Å². The first kappa shape index (κ1) is 15.0. The second-order valence-corrected chi connectivity index (χ2v) is 5.05. The van der Waals surface area contributed by atoms with E-state index in [0.717, 1.165) is 12.0 Å². The van der Waals surface area contributed by atoms with E-state index in [-0.39, 0.29) is 12.5 Å². The molecule has 0 bridgehead atoms. The van der Waals surface area contributed by atoms with Crippen molar-refractivity contribution in [2.45, 2.75) is 25.3 Å². The van der Waals surface area contributed by atoms with Gasteiger partial charge in [-0.1, -0.05) is 12.1 Å². The van der Waals surface area contributed by atoms with Crippen LogP contribution < -0.4 is 5.32 Å². The number of carbonyl (C=O) groups excluding carboxylic acids is 1. The second kappa shape index (κ2) is 6.86. The van der Waals surface area contributed by atoms with E-state index >= 15 is 0 Å². The fraction of sp³-hybridized carbons (Fsp3) is 0.400. The average Bonchev–Trinajstić information content (AvgIpc) is 2.89. The molecule has 6 heteroatoms. The fourth-order valence-electron chi connectivity index (χ4n) is 2.48. The summed E-state index contributed by atoms with van der Waals surface area (Å²) in [6.45, 7) is 0.711. The topological polar surface area (TPSA) is 93.4 Å². The van der Waals surface area contributed by atoms with Gasteiger partial charge in [-0.25, -0.2) is 0 Å². The molecule has 0 aromatic heterocycles. The largest absolute Gasteiger partial charge is 0.480 e. The highest BCUT2D eigenvalue weighted by Crippen LogP contribution is 2.17. The van der Waals surface area contributed by atoms with Gasteiger partial charge in [-0.15, -0.1) is 0 Å². The van der Waals surface area contributed by atoms with Crippen molar-refractivity contribution in [3.63, 3.8) is 0 Å². The Morgan fingerprint density at radius 2 is 2.10 bits per heavy atom. The van der Waals surface area contributed by atoms with Crippen molar-refractivity contribution in [3.05, 3.63) is 29.8 Å². The molecule has 1 aliphatic rings. The molecule has 110 valence electrons. The number of nitriles is 1. The molecule has 1 fully saturated rings. The predicted octanol–water partition coefficient (Wildman–Crippen LogP) is 1.24. The van der Waals surface area contributed by atoms with E-state index in [9.17, 15) is 9.59 Å². The van der Waals surface area contributed by atoms with Gasteiger partial charge in [0, 0.05) is 5.69 Å². The molecule has 2 N–H and O–H groups in total. The smallest absolute Gasteiger partial charge is 0.320 e. The Kier molecular flexibility index (Phi) is 4.90. The van der Waals surface area contributed by atoms with Gasteiger partial charge in [-0.3, -0.25) is 14.5 Å². The van der Waals surface area contributed by atoms with Crippen LogP contribution in [0.1, 0.15) is 18.4 Å². The molecule has 1 saturated heterocycles. The summed E-state index contributed by atoms with van der Waals surface area (Å²) in [6.07, 6.45) is 1.72. The number of benzene rings is 1. The van der Waals surface area contributed by atoms with Crippen LogP contribution in [0.25, 0.3) is 0 Å². The Morgan fingerprint density at radius 3 is 2.71 bits per heavy atom. The third-order valence-corrected chi connectivity index (χ3v) is 3.52. The summed E-state index contributed by atoms with van der Waals surface area (Å²) in [7, 11) is 0. The minimum Gasteiger partial charge on any atom is -0.480 e. The summed E-state index contributed by atoms with van der Waals surface area (Å²) in [5, 5.41) is 20.4. The van der Waals surface area contributed by atoms with Crippen molar-refractivity contribution in [3.8, 4) is 6.07 Å². The number of carbonyl (C=O) groups is 2. The fourth-order valence-corrected chi connectivity index (χ4v) is 2.48. The number of likely N-dealkylation sites (tertiary alicyclic amines) is 1. The number of amides is 1. The molecule has 2 rings (SSSR count). The van der Waals surface area contributed by atoms with Crippen LogP contribution in [0.4, 0.5) is 5.69 Å². The first-order chi connectivity index (χ1) is 10.1. The molecule has 1 unspecified atom stereocenters. The van der Waals surface area contributed by atoms with Gasteiger partial charge in [0.25, 0.3) is 0 Å². The number of carboxylic acids is 1. The Morgan fingerprint density at radius 1 is 1.38 bits per heavy atom. The molecular weight excluding hydrogens is 270 g/mol. The molecular formula is C15H17N3O3. The summed E-state index contributed by atoms with van der Waals surface area (Å²) in [5.41, 5.74) is 1.54. The lowest BCUT2D eigenvalue weighted by Gasteiger charge is -2.20. The molecule has 1 aliphatic heterocycles. The van der Waals surface area contributed by atoms with E-state index in [4.69, 9.17) is 10.4 Å². The Bertz CT molecular complexity index is 563. The van der Waals surface area contributed by atoms with Crippen molar-refractivity contribution < 1.29 is 14.7 Å². The monoisotopic (exact) mass is 287 g/mol. The Labute approximate surface area is 123 Å². The van der Waals surface area contributed by atoms with E-state index in [2.05, 4.69) is 11.4 Å². The molecule has 1 heterocycles. The number of hydrogen-bond acceptors (Lipinski definition) is 4. The lowest BCUT2D eigenvalue weighted by atomic mass is 10.1. The molecule has 1 aromatic carbocycles. The highest BCUT2D eigenvalue weighted by molar-refractivity contribution is 5.92. The lowest BCUT2D eigenvalue weighted by Crippen LogP contribution is -2.40. The van der Waals surface area contributed by atoms with Gasteiger partial charge in [-0.05, 0) is 37.1 Å². The third kappa shape index (κ3) is 4.04. The number of nitrogens with one attached hydrogen (secondary N) is 1. The average molecular weight is 287 g/mol. The maximum absolute atomic E-state index is 11.9. The van der Waals surface area contributed by atoms with Crippen LogP contribution in [0.15, 0.2) is 24.3 Å². The third-order valence-electron chi connectivity index (χ3n) is 3.52. The summed E-state index contributed by atoms with van der Waals surface area (Å²) in [4.78, 5) is 24.7. The molecule has 1 atom stereocenters. The minimum absolute atomic E-state index is 0.0803. The zero-order valence-corrected chi connectivity index (χ0v) is 11.6. The highest BCUT2D eigenvalue weighted by Gasteiger charge is 2.31. The van der Waals surface area contributed by atoms with Gasteiger partial charge in [0.2, 0.25) is 5.91 Å². The molecule has 21 heavy (non-hydrogen) atoms. The van der Waals surface area contributed by atoms with Crippen LogP contribution >= 0.6 is 0 Å². The summed E-state index contributed by atoms with van der Waals surface area (Å²) >= 11 is 0. The molecule has 6 nitrogen and oxygen atoms in total. The van der Waals surface area contributed by atoms with Crippen LogP contribution in [0.3, 0.4) is 0 Å². The molecule has 0 saturated carbocycles. The SMILES string of the molecule is N#CCc1ccc(NC(=O)CN2CCCC2C(=O)O)cc1. The summed E-state index contributed by atoms with van der Waals surface area (Å²) in [5.74, 6) is -1.10. The number of rotatable bonds is 5. The van der Waals surface area contributed by atoms with Gasteiger partial charge in [0.05, 0.1) is 19.0 Å². The standard InChI is InChI=1S/C15H17N3O3/c16-8-7-11-3-5-12(6-4-11)17-14(19)10-18-9-1-2-13(18)15(20)21/h3-6,13H,1-2,7,9-10H2,(H,17,19)(H,20,21). The first-order valence-corrected chi connectivity index (χ1v) is 6.83. The number of carboxylic acid groups (broad SMARTS) is 1. The maximum atomic E-state index is 11.9. The van der Waals surface area contributed by atoms with Crippen LogP contribution in [0, 0.1) is 11.3 Å². The van der Waals surface area contributed by atoms with Gasteiger partial charge in [0.1, 0.15) is 6.04 Å². The summed E-state index contributed by atoms with van der Waals surface area (Å²) in [6, 6.07) is 8.55. The zero-order chi connectivity index (χ0) is 15.2. The molecule has 1 aromatic rings. The predicted molar refractivity (Wildman–Crippen MR) is 76.6 cm³/mol. The number of aliphatic carboxylic acids is 1. The number of nitrogens with zero attached hydrogens (tertiary/aromatic N) is 2. The van der Waals surface area contributed by atoms with Crippen molar-refractivity contribution in [1.29, 1.82) is 5.26 Å². The summed E-state index contributed by atoms with van der Waals surface area (Å²) < 4.78 is 0. The first-order valence-electron chi connectivity index (χ1n) is 6.83. The molecule has 0 aliphatic carbocycles. The zero-order valence-electron chi connectivity index (χ0n) is 11.6. The van der Waals surface area contributed by atoms with Gasteiger partial charge in [0.15, 0.2) is 0 Å². The Hall–Kier alpha value is -2.39. The highest BCUT2D eigenvalue weighted by atomic mass is 16.4. The van der Waals surface area contributed by atoms with E-state index in [0.29, 0.717) is 25.1 Å². The normalized spacial score (nSPS) is 18.1. The number of anilines is 1. The van der Waals surface area contributed by atoms with Crippen molar-refractivity contribution in [1.82, 2.24) is 4.90 Å². The number of hydrogen-bond donors (Lipinski definition) is 2. The van der Waals surface area contributed by atoms with Crippen molar-refractivity contribution in [2.75, 3.05) is 18.4 Å². The van der Waals surface area contributed by atoms with Gasteiger partial charge >= 0.3 is 5.97 Å². The molecule has 0 spiro atoms. The van der Waals surface area contributed by atoms with Crippen molar-refractivity contribution >= 4 is 17.6 Å². The molecule has 0 radical (unpaired) electrons. The minimum atomic E-state index is -0.874. The lowest BCUT2D eigenvalue weighted by molar-refractivity contribution is -0.142. The van der Waals surface area contributed by atoms with Gasteiger partial charge < -0.3 is 10.4 Å². The van der Waals surface area contributed by atoms with E-state index in [1.807, 2.05) is 0 Å². The van der Waals surface area contributed by atoms with Gasteiger partial charge in [-0.2, -0.15) is 5.26 Å². The van der Waals surface area contributed by atoms with Crippen molar-refractivity contribution in [2.24, 2.45) is 0 Å². The van der Waals surface area contributed by atoms with E-state index in [1.165, 1.54) is 0 Å². The van der Waals surface area contributed by atoms with E-state index < -0.39 is 12.0 Å². The van der Waals surface area contributed by atoms with Crippen LogP contribution in [-0.2, 0) is 16.0 Å². The molecule has 1 amide bonds. The maximum Gasteiger partial charge on any atom is 0.320 e. The quantitative estimate of drug-likeness (QED) is 0.849. The van der Waals surface area contributed by atoms with Crippen LogP contribution in [0.2, 0.25) is 0 Å². The van der Waals surface area contributed by atoms with Crippen LogP contribution in [-0.4, -0.2) is 41.0 Å². The van der Waals surface area contributed by atoms with Crippen LogP contribution in [0.5, 0.6) is 0 Å². The Balaban J connectivity index is 1.89.